The summed E-state index contributed by atoms with van der Waals surface area (Å²) in [5.74, 6) is 0.379. The fourth-order valence-electron chi connectivity index (χ4n) is 2.27. The first-order valence-corrected chi connectivity index (χ1v) is 6.59. The van der Waals surface area contributed by atoms with E-state index in [2.05, 4.69) is 18.8 Å². The largest absolute Gasteiger partial charge is 0.399 e. The summed E-state index contributed by atoms with van der Waals surface area (Å²) in [5, 5.41) is 0. The number of nitrogens with zero attached hydrogens (tertiary/aromatic N) is 1. The van der Waals surface area contributed by atoms with Crippen molar-refractivity contribution in [3.8, 4) is 0 Å². The van der Waals surface area contributed by atoms with E-state index >= 15 is 0 Å². The number of H-pyrrole nitrogens is 1. The number of hydrogen-bond acceptors (Lipinski definition) is 3. The van der Waals surface area contributed by atoms with E-state index in [9.17, 15) is 9.59 Å². The predicted octanol–water partition coefficient (Wildman–Crippen LogP) is 1.71. The average molecular weight is 261 g/mol. The van der Waals surface area contributed by atoms with Gasteiger partial charge in [-0.15, -0.1) is 0 Å². The smallest absolute Gasteiger partial charge is 0.316 e. The number of benzene rings is 1. The van der Waals surface area contributed by atoms with Gasteiger partial charge in [-0.05, 0) is 24.1 Å². The molecule has 0 atom stereocenters. The summed E-state index contributed by atoms with van der Waals surface area (Å²) in [4.78, 5) is 26.3. The highest BCUT2D eigenvalue weighted by molar-refractivity contribution is 5.78. The van der Waals surface area contributed by atoms with Gasteiger partial charge in [0, 0.05) is 12.2 Å². The molecule has 19 heavy (non-hydrogen) atoms. The predicted molar refractivity (Wildman–Crippen MR) is 77.3 cm³/mol. The first kappa shape index (κ1) is 13.4. The molecule has 0 radical (unpaired) electrons. The van der Waals surface area contributed by atoms with Crippen LogP contribution >= 0.6 is 0 Å². The van der Waals surface area contributed by atoms with Gasteiger partial charge >= 0.3 is 11.1 Å². The highest BCUT2D eigenvalue weighted by Gasteiger charge is 2.12. The van der Waals surface area contributed by atoms with E-state index < -0.39 is 11.1 Å². The Labute approximate surface area is 111 Å². The van der Waals surface area contributed by atoms with Crippen molar-refractivity contribution in [2.75, 3.05) is 5.73 Å². The van der Waals surface area contributed by atoms with Crippen molar-refractivity contribution in [1.29, 1.82) is 0 Å². The molecule has 0 saturated carbocycles. The van der Waals surface area contributed by atoms with Gasteiger partial charge < -0.3 is 15.3 Å². The van der Waals surface area contributed by atoms with Crippen molar-refractivity contribution in [3.05, 3.63) is 38.9 Å². The fraction of sp³-hybridized carbons (Fsp3) is 0.429. The molecule has 3 N–H and O–H groups in total. The number of nitrogens with one attached hydrogen (secondary N) is 1. The molecule has 0 spiro atoms. The number of aromatic nitrogens is 2. The number of fused-ring (bicyclic) bond motifs is 1. The molecule has 5 heteroatoms. The molecule has 0 amide bonds. The molecule has 2 aromatic rings. The number of rotatable bonds is 4. The van der Waals surface area contributed by atoms with Crippen LogP contribution in [0.3, 0.4) is 0 Å². The number of hydrogen-bond donors (Lipinski definition) is 2. The van der Waals surface area contributed by atoms with Crippen molar-refractivity contribution < 1.29 is 0 Å². The Morgan fingerprint density at radius 1 is 1.26 bits per heavy atom. The third-order valence-corrected chi connectivity index (χ3v) is 3.60. The third kappa shape index (κ3) is 2.54. The van der Waals surface area contributed by atoms with Crippen LogP contribution in [0.4, 0.5) is 5.69 Å². The summed E-state index contributed by atoms with van der Waals surface area (Å²) in [5.41, 5.74) is 6.59. The van der Waals surface area contributed by atoms with Gasteiger partial charge in [0.05, 0.1) is 11.0 Å². The van der Waals surface area contributed by atoms with Crippen LogP contribution in [0.2, 0.25) is 0 Å². The molecule has 0 saturated heterocycles. The van der Waals surface area contributed by atoms with Crippen molar-refractivity contribution >= 4 is 16.7 Å². The molecule has 102 valence electrons. The van der Waals surface area contributed by atoms with Gasteiger partial charge in [-0.1, -0.05) is 26.7 Å². The van der Waals surface area contributed by atoms with E-state index in [1.807, 2.05) is 0 Å². The summed E-state index contributed by atoms with van der Waals surface area (Å²) < 4.78 is 1.54. The van der Waals surface area contributed by atoms with E-state index in [1.165, 1.54) is 0 Å². The van der Waals surface area contributed by atoms with Crippen molar-refractivity contribution in [2.45, 2.75) is 33.2 Å². The topological polar surface area (TPSA) is 80.9 Å². The molecule has 2 rings (SSSR count). The lowest BCUT2D eigenvalue weighted by Crippen LogP contribution is -2.37. The van der Waals surface area contributed by atoms with Crippen LogP contribution < -0.4 is 16.9 Å². The zero-order chi connectivity index (χ0) is 14.0. The molecule has 0 aliphatic carbocycles. The standard InChI is InChI=1S/C14H19N3O2/c1-3-9(4-2)8-17-12-7-10(15)5-6-11(12)16-13(18)14(17)19/h5-7,9H,3-4,8,15H2,1-2H3,(H,16,18). The Morgan fingerprint density at radius 3 is 2.58 bits per heavy atom. The Morgan fingerprint density at radius 2 is 1.95 bits per heavy atom. The van der Waals surface area contributed by atoms with Crippen LogP contribution in [0.25, 0.3) is 11.0 Å². The fourth-order valence-corrected chi connectivity index (χ4v) is 2.27. The van der Waals surface area contributed by atoms with Gasteiger partial charge in [0.1, 0.15) is 0 Å². The molecule has 0 bridgehead atoms. The molecule has 1 aromatic heterocycles. The van der Waals surface area contributed by atoms with Crippen LogP contribution in [0.5, 0.6) is 0 Å². The van der Waals surface area contributed by atoms with Crippen molar-refractivity contribution in [3.63, 3.8) is 0 Å². The molecule has 0 aliphatic rings. The zero-order valence-electron chi connectivity index (χ0n) is 11.3. The lowest BCUT2D eigenvalue weighted by molar-refractivity contribution is 0.417. The Bertz CT molecular complexity index is 696. The second kappa shape index (κ2) is 5.30. The minimum Gasteiger partial charge on any atom is -0.399 e. The van der Waals surface area contributed by atoms with Crippen LogP contribution in [-0.4, -0.2) is 9.55 Å². The summed E-state index contributed by atoms with van der Waals surface area (Å²) in [6.07, 6.45) is 1.94. The van der Waals surface area contributed by atoms with E-state index in [0.717, 1.165) is 12.8 Å². The van der Waals surface area contributed by atoms with Crippen LogP contribution in [0.15, 0.2) is 27.8 Å². The van der Waals surface area contributed by atoms with Gasteiger partial charge in [-0.25, -0.2) is 0 Å². The van der Waals surface area contributed by atoms with E-state index in [-0.39, 0.29) is 0 Å². The quantitative estimate of drug-likeness (QED) is 0.649. The van der Waals surface area contributed by atoms with Gasteiger partial charge in [0.2, 0.25) is 0 Å². The number of anilines is 1. The monoisotopic (exact) mass is 261 g/mol. The SMILES string of the molecule is CCC(CC)Cn1c(=O)c(=O)[nH]c2ccc(N)cc21. The Kier molecular flexibility index (Phi) is 3.74. The first-order chi connectivity index (χ1) is 9.06. The maximum atomic E-state index is 12.0. The van der Waals surface area contributed by atoms with E-state index in [0.29, 0.717) is 29.2 Å². The van der Waals surface area contributed by atoms with Crippen LogP contribution in [-0.2, 0) is 6.54 Å². The summed E-state index contributed by atoms with van der Waals surface area (Å²) in [6, 6.07) is 5.17. The molecule has 0 aliphatic heterocycles. The molecule has 1 aromatic carbocycles. The van der Waals surface area contributed by atoms with Gasteiger partial charge in [0.15, 0.2) is 0 Å². The summed E-state index contributed by atoms with van der Waals surface area (Å²) in [7, 11) is 0. The lowest BCUT2D eigenvalue weighted by atomic mass is 10.0. The number of nitrogens with two attached hydrogens (primary N) is 1. The molecule has 1 heterocycles. The summed E-state index contributed by atoms with van der Waals surface area (Å²) in [6.45, 7) is 4.72. The zero-order valence-corrected chi connectivity index (χ0v) is 11.3. The minimum absolute atomic E-state index is 0.379. The average Bonchev–Trinajstić information content (AvgIpc) is 2.40. The highest BCUT2D eigenvalue weighted by Crippen LogP contribution is 2.16. The van der Waals surface area contributed by atoms with Crippen LogP contribution in [0, 0.1) is 5.92 Å². The normalized spacial score (nSPS) is 11.3. The second-order valence-electron chi connectivity index (χ2n) is 4.83. The number of aromatic amines is 1. The van der Waals surface area contributed by atoms with Crippen molar-refractivity contribution in [1.82, 2.24) is 9.55 Å². The summed E-state index contributed by atoms with van der Waals surface area (Å²) >= 11 is 0. The minimum atomic E-state index is -0.580. The van der Waals surface area contributed by atoms with Gasteiger partial charge in [-0.3, -0.25) is 9.59 Å². The Balaban J connectivity index is 2.68. The van der Waals surface area contributed by atoms with Gasteiger partial charge in [0.25, 0.3) is 0 Å². The van der Waals surface area contributed by atoms with Gasteiger partial charge in [-0.2, -0.15) is 0 Å². The van der Waals surface area contributed by atoms with E-state index in [4.69, 9.17) is 5.73 Å². The molecular weight excluding hydrogens is 242 g/mol. The lowest BCUT2D eigenvalue weighted by Gasteiger charge is -2.16. The highest BCUT2D eigenvalue weighted by atomic mass is 16.2. The second-order valence-corrected chi connectivity index (χ2v) is 4.83. The number of nitrogen functional groups attached to an aromatic ring is 1. The van der Waals surface area contributed by atoms with Crippen LogP contribution in [0.1, 0.15) is 26.7 Å². The maximum Gasteiger partial charge on any atom is 0.316 e. The molecule has 5 nitrogen and oxygen atoms in total. The maximum absolute atomic E-state index is 12.0. The first-order valence-electron chi connectivity index (χ1n) is 6.59. The molecule has 0 fully saturated rings. The Hall–Kier alpha value is -2.04. The van der Waals surface area contributed by atoms with Crippen molar-refractivity contribution in [2.24, 2.45) is 5.92 Å². The molecule has 0 unspecified atom stereocenters. The van der Waals surface area contributed by atoms with E-state index in [1.54, 1.807) is 22.8 Å². The third-order valence-electron chi connectivity index (χ3n) is 3.60. The molecular formula is C14H19N3O2.